The summed E-state index contributed by atoms with van der Waals surface area (Å²) in [5.74, 6) is -0.192. The van der Waals surface area contributed by atoms with Crippen molar-refractivity contribution in [3.05, 3.63) is 11.6 Å². The standard InChI is InChI=1S/C66H112O34/c1-24(9-13-37(63(4,5)88)98-61-55(100-59-53(87)46(80)40(74)30(20-69)93-59)49(83)43(77)33(96-61)22-89-56-50(84)44(78)38(72)28(18-67)91-56)25-15-16-64(6)34-12-10-26-27(66(34,8)35(71)17-65(25,64)7)11-14-36(62(26,2)3)97-57-51(85)47(81)42(76)32(95-57)23-90-60-54(48(82)41(75)31(21-70)94-60)99-58-52(86)45(79)39(73)29(19-68)92-58/h10,24-25,27-61,67-88H,9,11-23H2,1-8H3/t24-,25-,27-,28?,29?,30?,31?,32?,33?,34?,35-,36+,37-,38-,39-,40-,41-,42-,43-,44+,45+,46+,47+,48+,49+,50?,51?,52?,53?,54?,55?,56-,57+,58+,59+,60-,61+,64+,65-,66+/m1/s1. The van der Waals surface area contributed by atoms with Gasteiger partial charge in [0.15, 0.2) is 37.7 Å². The van der Waals surface area contributed by atoms with E-state index < -0.39 is 264 Å². The monoisotopic (exact) mass is 1450 g/mol. The fourth-order valence-corrected chi connectivity index (χ4v) is 18.5. The van der Waals surface area contributed by atoms with Crippen molar-refractivity contribution < 1.29 is 169 Å². The van der Waals surface area contributed by atoms with Gasteiger partial charge in [-0.1, -0.05) is 53.2 Å². The predicted molar refractivity (Wildman–Crippen MR) is 333 cm³/mol. The van der Waals surface area contributed by atoms with Gasteiger partial charge in [0.2, 0.25) is 0 Å². The molecule has 34 nitrogen and oxygen atoms in total. The van der Waals surface area contributed by atoms with Crippen LogP contribution < -0.4 is 0 Å². The first-order valence-electron chi connectivity index (χ1n) is 35.1. The molecule has 580 valence electrons. The van der Waals surface area contributed by atoms with Gasteiger partial charge in [0, 0.05) is 10.8 Å². The van der Waals surface area contributed by atoms with Crippen molar-refractivity contribution in [2.75, 3.05) is 39.6 Å². The molecule has 34 heteroatoms. The largest absolute Gasteiger partial charge is 0.394 e. The molecule has 0 bridgehead atoms. The molecule has 4 aliphatic carbocycles. The number of hydrogen-bond donors (Lipinski definition) is 22. The van der Waals surface area contributed by atoms with Gasteiger partial charge in [-0.3, -0.25) is 0 Å². The lowest BCUT2D eigenvalue weighted by Gasteiger charge is -2.67. The van der Waals surface area contributed by atoms with Gasteiger partial charge in [-0.05, 0) is 99.7 Å². The smallest absolute Gasteiger partial charge is 0.187 e. The van der Waals surface area contributed by atoms with E-state index in [1.165, 1.54) is 13.8 Å². The number of aliphatic hydroxyl groups excluding tert-OH is 21. The van der Waals surface area contributed by atoms with Gasteiger partial charge in [0.25, 0.3) is 0 Å². The highest BCUT2D eigenvalue weighted by atomic mass is 16.8. The van der Waals surface area contributed by atoms with Crippen molar-refractivity contribution in [3.8, 4) is 0 Å². The van der Waals surface area contributed by atoms with Crippen LogP contribution in [0.2, 0.25) is 0 Å². The molecule has 10 aliphatic rings. The average molecular weight is 1450 g/mol. The van der Waals surface area contributed by atoms with E-state index in [4.69, 9.17) is 56.8 Å². The number of rotatable bonds is 23. The third kappa shape index (κ3) is 14.8. The number of ether oxygens (including phenoxy) is 12. The highest BCUT2D eigenvalue weighted by Crippen LogP contribution is 2.75. The summed E-state index contributed by atoms with van der Waals surface area (Å²) in [5, 5.41) is 239. The molecule has 0 aromatic rings. The molecule has 10 rings (SSSR count). The lowest BCUT2D eigenvalue weighted by molar-refractivity contribution is -0.380. The molecule has 6 heterocycles. The van der Waals surface area contributed by atoms with Crippen molar-refractivity contribution in [3.63, 3.8) is 0 Å². The van der Waals surface area contributed by atoms with E-state index >= 15 is 0 Å². The normalized spacial score (nSPS) is 52.1. The summed E-state index contributed by atoms with van der Waals surface area (Å²) in [4.78, 5) is 0. The minimum absolute atomic E-state index is 0.0165. The Morgan fingerprint density at radius 1 is 0.460 bits per heavy atom. The zero-order valence-corrected chi connectivity index (χ0v) is 57.6. The van der Waals surface area contributed by atoms with E-state index in [0.717, 1.165) is 18.4 Å². The topological polar surface area (TPSA) is 556 Å². The van der Waals surface area contributed by atoms with Crippen LogP contribution in [0.5, 0.6) is 0 Å². The Hall–Kier alpha value is -1.62. The van der Waals surface area contributed by atoms with E-state index in [9.17, 15) is 112 Å². The average Bonchev–Trinajstić information content (AvgIpc) is 1.45. The van der Waals surface area contributed by atoms with Crippen LogP contribution in [0.3, 0.4) is 0 Å². The summed E-state index contributed by atoms with van der Waals surface area (Å²) < 4.78 is 71.4. The van der Waals surface area contributed by atoms with E-state index in [1.807, 2.05) is 13.8 Å². The van der Waals surface area contributed by atoms with Crippen LogP contribution in [0.15, 0.2) is 11.6 Å². The van der Waals surface area contributed by atoms with Crippen LogP contribution in [0, 0.1) is 45.3 Å². The first kappa shape index (κ1) is 80.9. The second-order valence-electron chi connectivity index (χ2n) is 31.5. The quantitative estimate of drug-likeness (QED) is 0.0423. The summed E-state index contributed by atoms with van der Waals surface area (Å²) in [7, 11) is 0. The second-order valence-corrected chi connectivity index (χ2v) is 31.5. The summed E-state index contributed by atoms with van der Waals surface area (Å²) in [6, 6.07) is 0. The Bertz CT molecular complexity index is 2670. The van der Waals surface area contributed by atoms with Gasteiger partial charge >= 0.3 is 0 Å². The molecule has 0 spiro atoms. The summed E-state index contributed by atoms with van der Waals surface area (Å²) in [5.41, 5.74) is -2.78. The Balaban J connectivity index is 0.812. The maximum atomic E-state index is 12.9. The molecule has 9 fully saturated rings. The maximum Gasteiger partial charge on any atom is 0.187 e. The third-order valence-corrected chi connectivity index (χ3v) is 25.0. The lowest BCUT2D eigenvalue weighted by atomic mass is 9.38. The lowest BCUT2D eigenvalue weighted by Crippen LogP contribution is -2.65. The summed E-state index contributed by atoms with van der Waals surface area (Å²) >= 11 is 0. The van der Waals surface area contributed by atoms with Crippen LogP contribution in [0.1, 0.15) is 107 Å². The molecule has 6 aliphatic heterocycles. The Morgan fingerprint density at radius 2 is 0.860 bits per heavy atom. The summed E-state index contributed by atoms with van der Waals surface area (Å²) in [6.07, 6.45) is -48.3. The SMILES string of the molecule is C[C@H](CC[C@@H](O[C@@H]1OC(CO[C@@H]2OC(CO)[C@@H](O)[C@H](O)C2O)[C@@H](O)[C@H](O)C1O[C@@H]1OC(CO)[C@@H](O)[C@H](O)C1O)C(C)(C)O)[C@H]1CC[C@@]2(C)C3CC=C4[C@@H](CC[C@H](O[C@@H]5OC(CO[C@@H]6OC(CO)[C@@H](O)[C@H](O)C6O[C@@H]6OC(CO)[C@@H](O)[C@H](O)C6O)[C@@H](O)[C@H](O)C5O)C4(C)C)[C@]3(C)[C@H](O)C[C@]12C. The fourth-order valence-electron chi connectivity index (χ4n) is 18.5. The third-order valence-electron chi connectivity index (χ3n) is 25.0. The molecule has 22 N–H and O–H groups in total. The molecule has 40 atom stereocenters. The van der Waals surface area contributed by atoms with Crippen LogP contribution in [0.25, 0.3) is 0 Å². The molecule has 0 aromatic heterocycles. The first-order valence-corrected chi connectivity index (χ1v) is 35.1. The molecule has 100 heavy (non-hydrogen) atoms. The van der Waals surface area contributed by atoms with Gasteiger partial charge in [0.05, 0.1) is 63.6 Å². The minimum Gasteiger partial charge on any atom is -0.394 e. The van der Waals surface area contributed by atoms with Gasteiger partial charge in [-0.15, -0.1) is 0 Å². The van der Waals surface area contributed by atoms with E-state index in [0.29, 0.717) is 32.1 Å². The van der Waals surface area contributed by atoms with Gasteiger partial charge in [-0.2, -0.15) is 0 Å². The predicted octanol–water partition coefficient (Wildman–Crippen LogP) is -7.58. The van der Waals surface area contributed by atoms with E-state index in [-0.39, 0.29) is 35.5 Å². The Kier molecular flexibility index (Phi) is 25.5. The Labute approximate surface area is 579 Å². The second kappa shape index (κ2) is 31.5. The van der Waals surface area contributed by atoms with Crippen molar-refractivity contribution in [1.82, 2.24) is 0 Å². The first-order chi connectivity index (χ1) is 46.9. The molecule has 6 saturated heterocycles. The van der Waals surface area contributed by atoms with Crippen molar-refractivity contribution in [2.24, 2.45) is 45.3 Å². The number of fused-ring (bicyclic) bond motifs is 5. The van der Waals surface area contributed by atoms with Crippen molar-refractivity contribution in [2.45, 2.75) is 315 Å². The van der Waals surface area contributed by atoms with Gasteiger partial charge in [0.1, 0.15) is 146 Å². The molecule has 0 radical (unpaired) electrons. The van der Waals surface area contributed by atoms with Crippen LogP contribution in [0.4, 0.5) is 0 Å². The molecular weight excluding hydrogens is 1340 g/mol. The van der Waals surface area contributed by atoms with E-state index in [2.05, 4.69) is 33.8 Å². The molecule has 0 aromatic carbocycles. The molecule has 0 amide bonds. The van der Waals surface area contributed by atoms with Crippen LogP contribution in [-0.2, 0) is 56.8 Å². The molecular formula is C66H112O34. The zero-order valence-electron chi connectivity index (χ0n) is 57.6. The number of allylic oxidation sites excluding steroid dienone is 1. The summed E-state index contributed by atoms with van der Waals surface area (Å²) in [6.45, 7) is 11.3. The van der Waals surface area contributed by atoms with Crippen molar-refractivity contribution in [1.29, 1.82) is 0 Å². The zero-order chi connectivity index (χ0) is 73.5. The highest BCUT2D eigenvalue weighted by Gasteiger charge is 2.71. The molecule has 13 unspecified atom stereocenters. The highest BCUT2D eigenvalue weighted by molar-refractivity contribution is 5.32. The van der Waals surface area contributed by atoms with Crippen LogP contribution >= 0.6 is 0 Å². The fraction of sp³-hybridized carbons (Fsp3) is 0.970. The van der Waals surface area contributed by atoms with Gasteiger partial charge < -0.3 is 169 Å². The van der Waals surface area contributed by atoms with E-state index in [1.54, 1.807) is 0 Å². The Morgan fingerprint density at radius 3 is 1.35 bits per heavy atom. The van der Waals surface area contributed by atoms with Crippen LogP contribution in [-0.4, -0.2) is 360 Å². The van der Waals surface area contributed by atoms with Gasteiger partial charge in [-0.25, -0.2) is 0 Å². The number of aliphatic hydroxyl groups is 22. The number of hydrogen-bond acceptors (Lipinski definition) is 34. The molecule has 3 saturated carbocycles. The maximum absolute atomic E-state index is 12.9. The minimum atomic E-state index is -1.98. The van der Waals surface area contributed by atoms with Crippen molar-refractivity contribution >= 4 is 0 Å².